The van der Waals surface area contributed by atoms with Gasteiger partial charge in [0.1, 0.15) is 17.1 Å². The van der Waals surface area contributed by atoms with Crippen LogP contribution in [0, 0.1) is 6.92 Å². The molecule has 0 saturated heterocycles. The summed E-state index contributed by atoms with van der Waals surface area (Å²) in [5, 5.41) is 10.2. The number of benzene rings is 1. The molecule has 10 nitrogen and oxygen atoms in total. The molecule has 0 saturated carbocycles. The van der Waals surface area contributed by atoms with Crippen LogP contribution < -0.4 is 15.4 Å². The summed E-state index contributed by atoms with van der Waals surface area (Å²) in [6.45, 7) is 0.355. The Balaban J connectivity index is 1.53. The average molecular weight is 564 g/mol. The summed E-state index contributed by atoms with van der Waals surface area (Å²) in [5.41, 5.74) is 1.73. The lowest BCUT2D eigenvalue weighted by Gasteiger charge is -2.35. The van der Waals surface area contributed by atoms with Crippen molar-refractivity contribution >= 4 is 27.5 Å². The van der Waals surface area contributed by atoms with E-state index in [1.54, 1.807) is 37.3 Å². The summed E-state index contributed by atoms with van der Waals surface area (Å²) in [6.07, 6.45) is -2.34. The minimum absolute atomic E-state index is 0.00165. The van der Waals surface area contributed by atoms with Gasteiger partial charge in [-0.2, -0.15) is 23.0 Å². The Morgan fingerprint density at radius 3 is 2.72 bits per heavy atom. The molecular formula is C25H24F3N5O5S. The van der Waals surface area contributed by atoms with Gasteiger partial charge in [-0.1, -0.05) is 12.1 Å². The number of anilines is 1. The van der Waals surface area contributed by atoms with E-state index in [0.29, 0.717) is 30.0 Å². The van der Waals surface area contributed by atoms with E-state index in [9.17, 15) is 31.2 Å². The van der Waals surface area contributed by atoms with Crippen molar-refractivity contribution in [3.8, 4) is 11.6 Å². The van der Waals surface area contributed by atoms with Crippen molar-refractivity contribution in [3.05, 3.63) is 64.5 Å². The van der Waals surface area contributed by atoms with E-state index in [-0.39, 0.29) is 23.6 Å². The maximum absolute atomic E-state index is 13.5. The summed E-state index contributed by atoms with van der Waals surface area (Å²) in [4.78, 5) is 30.5. The third-order valence-electron chi connectivity index (χ3n) is 6.56. The average Bonchev–Trinajstić information content (AvgIpc) is 3.34. The molecule has 1 aliphatic carbocycles. The van der Waals surface area contributed by atoms with Crippen LogP contribution in [0.3, 0.4) is 0 Å². The van der Waals surface area contributed by atoms with Crippen molar-refractivity contribution in [1.29, 1.82) is 0 Å². The highest BCUT2D eigenvalue weighted by molar-refractivity contribution is 7.91. The Bertz CT molecular complexity index is 1600. The molecule has 14 heteroatoms. The summed E-state index contributed by atoms with van der Waals surface area (Å²) in [7, 11) is -3.64. The molecule has 2 aliphatic rings. The van der Waals surface area contributed by atoms with Gasteiger partial charge in [0.15, 0.2) is 28.1 Å². The van der Waals surface area contributed by atoms with Gasteiger partial charge in [-0.05, 0) is 55.2 Å². The zero-order valence-corrected chi connectivity index (χ0v) is 21.7. The number of hydrogen-bond donors (Lipinski definition) is 2. The Labute approximate surface area is 221 Å². The molecule has 2 aromatic heterocycles. The van der Waals surface area contributed by atoms with Crippen LogP contribution in [0.1, 0.15) is 39.3 Å². The van der Waals surface area contributed by atoms with Gasteiger partial charge in [-0.15, -0.1) is 0 Å². The molecule has 206 valence electrons. The first-order valence-electron chi connectivity index (χ1n) is 11.9. The van der Waals surface area contributed by atoms with Gasteiger partial charge in [0.2, 0.25) is 5.91 Å². The van der Waals surface area contributed by atoms with Crippen LogP contribution in [-0.4, -0.2) is 59.8 Å². The van der Waals surface area contributed by atoms with Gasteiger partial charge in [0.05, 0.1) is 11.2 Å². The second-order valence-electron chi connectivity index (χ2n) is 9.77. The molecule has 1 aromatic carbocycles. The van der Waals surface area contributed by atoms with Gasteiger partial charge < -0.3 is 15.4 Å². The second kappa shape index (κ2) is 9.36. The van der Waals surface area contributed by atoms with Gasteiger partial charge in [-0.3, -0.25) is 9.59 Å². The highest BCUT2D eigenvalue weighted by Crippen LogP contribution is 2.44. The van der Waals surface area contributed by atoms with Crippen LogP contribution in [0.2, 0.25) is 0 Å². The minimum atomic E-state index is -4.46. The Hall–Kier alpha value is -3.94. The minimum Gasteiger partial charge on any atom is -0.484 e. The summed E-state index contributed by atoms with van der Waals surface area (Å²) in [6, 6.07) is 9.76. The third-order valence-corrected chi connectivity index (χ3v) is 7.35. The fourth-order valence-corrected chi connectivity index (χ4v) is 5.61. The number of sulfone groups is 1. The Kier molecular flexibility index (Phi) is 6.40. The number of alkyl halides is 3. The fourth-order valence-electron chi connectivity index (χ4n) is 5.06. The SMILES string of the molecule is Cc1cccc(-n2nc3c(c2NC(=O)CS(C)(=O)=O)C(=O)N[C@@]2(CCc4cc(OCC(F)(F)F)ccc42)C3)n1. The largest absolute Gasteiger partial charge is 0.484 e. The summed E-state index contributed by atoms with van der Waals surface area (Å²) < 4.78 is 67.3. The van der Waals surface area contributed by atoms with E-state index in [0.717, 1.165) is 17.4 Å². The number of nitrogens with zero attached hydrogens (tertiary/aromatic N) is 3. The van der Waals surface area contributed by atoms with Crippen LogP contribution in [0.4, 0.5) is 19.0 Å². The summed E-state index contributed by atoms with van der Waals surface area (Å²) in [5.74, 6) is -1.75. The van der Waals surface area contributed by atoms with Gasteiger partial charge >= 0.3 is 6.18 Å². The van der Waals surface area contributed by atoms with Crippen LogP contribution >= 0.6 is 0 Å². The standard InChI is InChI=1S/C25H24F3N5O5S/c1-14-4-3-5-19(29-14)33-22(30-20(34)12-39(2,36)37)21-18(32-33)11-24(31-23(21)35)9-8-15-10-16(6-7-17(15)24)38-13-25(26,27)28/h3-7,10H,8-9,11-13H2,1-2H3,(H,30,34)(H,31,35)/t24-/m0/s1. The quantitative estimate of drug-likeness (QED) is 0.471. The molecule has 39 heavy (non-hydrogen) atoms. The number of aryl methyl sites for hydroxylation is 2. The van der Waals surface area contributed by atoms with Gasteiger partial charge in [-0.25, -0.2) is 13.4 Å². The molecule has 0 bridgehead atoms. The molecule has 1 spiro atoms. The van der Waals surface area contributed by atoms with Gasteiger partial charge in [0.25, 0.3) is 5.91 Å². The molecular weight excluding hydrogens is 539 g/mol. The molecule has 0 unspecified atom stereocenters. The van der Waals surface area contributed by atoms with E-state index in [1.165, 1.54) is 10.7 Å². The first-order valence-corrected chi connectivity index (χ1v) is 14.0. The molecule has 3 aromatic rings. The number of fused-ring (bicyclic) bond motifs is 3. The van der Waals surface area contributed by atoms with E-state index in [2.05, 4.69) is 20.7 Å². The monoisotopic (exact) mass is 563 g/mol. The van der Waals surface area contributed by atoms with Crippen molar-refractivity contribution in [1.82, 2.24) is 20.1 Å². The number of aromatic nitrogens is 3. The van der Waals surface area contributed by atoms with Crippen molar-refractivity contribution in [2.45, 2.75) is 37.9 Å². The lowest BCUT2D eigenvalue weighted by molar-refractivity contribution is -0.153. The summed E-state index contributed by atoms with van der Waals surface area (Å²) >= 11 is 0. The highest BCUT2D eigenvalue weighted by atomic mass is 32.2. The van der Waals surface area contributed by atoms with E-state index in [4.69, 9.17) is 4.74 Å². The number of hydrogen-bond acceptors (Lipinski definition) is 7. The zero-order valence-electron chi connectivity index (χ0n) is 20.9. The Morgan fingerprint density at radius 1 is 1.26 bits per heavy atom. The molecule has 1 atom stereocenters. The fraction of sp³-hybridized carbons (Fsp3) is 0.360. The molecule has 1 aliphatic heterocycles. The molecule has 0 radical (unpaired) electrons. The van der Waals surface area contributed by atoms with Crippen molar-refractivity contribution < 1.29 is 35.9 Å². The highest BCUT2D eigenvalue weighted by Gasteiger charge is 2.47. The molecule has 5 rings (SSSR count). The normalized spacial score (nSPS) is 18.4. The number of carbonyl (C=O) groups excluding carboxylic acids is 2. The van der Waals surface area contributed by atoms with Crippen molar-refractivity contribution in [3.63, 3.8) is 0 Å². The number of halogens is 3. The molecule has 0 fully saturated rings. The van der Waals surface area contributed by atoms with Gasteiger partial charge in [0, 0.05) is 18.4 Å². The van der Waals surface area contributed by atoms with Crippen molar-refractivity contribution in [2.24, 2.45) is 0 Å². The maximum atomic E-state index is 13.5. The lowest BCUT2D eigenvalue weighted by atomic mass is 9.82. The first kappa shape index (κ1) is 26.7. The smallest absolute Gasteiger partial charge is 0.422 e. The number of rotatable bonds is 6. The molecule has 2 amide bonds. The molecule has 2 N–H and O–H groups in total. The van der Waals surface area contributed by atoms with Crippen LogP contribution in [0.15, 0.2) is 36.4 Å². The predicted molar refractivity (Wildman–Crippen MR) is 134 cm³/mol. The van der Waals surface area contributed by atoms with Crippen LogP contribution in [-0.2, 0) is 33.0 Å². The van der Waals surface area contributed by atoms with E-state index >= 15 is 0 Å². The number of carbonyl (C=O) groups is 2. The number of amides is 2. The maximum Gasteiger partial charge on any atom is 0.422 e. The second-order valence-corrected chi connectivity index (χ2v) is 11.9. The third kappa shape index (κ3) is 5.46. The number of pyridine rings is 1. The van der Waals surface area contributed by atoms with Crippen LogP contribution in [0.5, 0.6) is 5.75 Å². The number of ether oxygens (including phenoxy) is 1. The predicted octanol–water partition coefficient (Wildman–Crippen LogP) is 2.63. The van der Waals surface area contributed by atoms with E-state index in [1.807, 2.05) is 0 Å². The zero-order chi connectivity index (χ0) is 28.2. The topological polar surface area (TPSA) is 132 Å². The number of nitrogens with one attached hydrogen (secondary N) is 2. The van der Waals surface area contributed by atoms with Crippen molar-refractivity contribution in [2.75, 3.05) is 23.9 Å². The lowest BCUT2D eigenvalue weighted by Crippen LogP contribution is -2.49. The molecule has 3 heterocycles. The Morgan fingerprint density at radius 2 is 2.03 bits per heavy atom. The first-order chi connectivity index (χ1) is 18.2. The van der Waals surface area contributed by atoms with Crippen LogP contribution in [0.25, 0.3) is 5.82 Å². The van der Waals surface area contributed by atoms with E-state index < -0.39 is 45.7 Å².